The summed E-state index contributed by atoms with van der Waals surface area (Å²) < 4.78 is 29.4. The smallest absolute Gasteiger partial charge is 0.224 e. The van der Waals surface area contributed by atoms with Gasteiger partial charge in [0.2, 0.25) is 5.91 Å². The molecule has 7 nitrogen and oxygen atoms in total. The van der Waals surface area contributed by atoms with Gasteiger partial charge in [-0.15, -0.1) is 0 Å². The maximum Gasteiger partial charge on any atom is 0.224 e. The molecule has 1 N–H and O–H groups in total. The van der Waals surface area contributed by atoms with Crippen molar-refractivity contribution < 1.29 is 17.9 Å². The summed E-state index contributed by atoms with van der Waals surface area (Å²) in [5.74, 6) is 0.115. The van der Waals surface area contributed by atoms with Gasteiger partial charge in [0.15, 0.2) is 15.0 Å². The molecule has 26 heavy (non-hydrogen) atoms. The molecule has 1 aromatic heterocycles. The third-order valence-corrected chi connectivity index (χ3v) is 7.66. The largest absolute Gasteiger partial charge is 0.378 e. The number of fused-ring (bicyclic) bond motifs is 1. The molecule has 9 heteroatoms. The van der Waals surface area contributed by atoms with Crippen molar-refractivity contribution in [2.45, 2.75) is 12.8 Å². The number of hydrogen-bond acceptors (Lipinski definition) is 7. The van der Waals surface area contributed by atoms with Gasteiger partial charge < -0.3 is 15.0 Å². The van der Waals surface area contributed by atoms with Crippen LogP contribution in [0, 0.1) is 5.92 Å². The van der Waals surface area contributed by atoms with E-state index in [1.807, 2.05) is 18.2 Å². The van der Waals surface area contributed by atoms with Crippen molar-refractivity contribution in [1.82, 2.24) is 4.98 Å². The fraction of sp³-hybridized carbons (Fsp3) is 0.529. The molecule has 1 atom stereocenters. The van der Waals surface area contributed by atoms with Crippen LogP contribution in [0.2, 0.25) is 0 Å². The Balaban J connectivity index is 1.42. The number of carbonyl (C=O) groups excluding carboxylic acids is 1. The van der Waals surface area contributed by atoms with Gasteiger partial charge in [-0.05, 0) is 30.5 Å². The van der Waals surface area contributed by atoms with E-state index in [-0.39, 0.29) is 29.8 Å². The van der Waals surface area contributed by atoms with Crippen LogP contribution in [0.4, 0.5) is 10.8 Å². The second-order valence-corrected chi connectivity index (χ2v) is 10.0. The van der Waals surface area contributed by atoms with Gasteiger partial charge in [-0.2, -0.15) is 0 Å². The van der Waals surface area contributed by atoms with Crippen LogP contribution in [0.25, 0.3) is 10.2 Å². The summed E-state index contributed by atoms with van der Waals surface area (Å²) in [4.78, 5) is 19.1. The number of rotatable bonds is 4. The number of nitrogens with one attached hydrogen (secondary N) is 1. The van der Waals surface area contributed by atoms with Gasteiger partial charge in [0.25, 0.3) is 0 Å². The molecule has 0 unspecified atom stereocenters. The standard InChI is InChI=1S/C17H21N3O4S2/c21-16(9-12-3-8-26(22,23)11-12)18-13-1-2-14-15(10-13)25-17(19-14)20-4-6-24-7-5-20/h1-2,10,12H,3-9,11H2,(H,18,21)/t12-/m1/s1. The first-order valence-corrected chi connectivity index (χ1v) is 11.4. The zero-order chi connectivity index (χ0) is 18.1. The fourth-order valence-electron chi connectivity index (χ4n) is 3.39. The molecule has 1 amide bonds. The van der Waals surface area contributed by atoms with Gasteiger partial charge in [0, 0.05) is 25.2 Å². The lowest BCUT2D eigenvalue weighted by Gasteiger charge is -2.25. The van der Waals surface area contributed by atoms with Gasteiger partial charge in [0.1, 0.15) is 0 Å². The Morgan fingerprint density at radius 3 is 2.88 bits per heavy atom. The third kappa shape index (κ3) is 3.99. The first-order valence-electron chi connectivity index (χ1n) is 8.72. The molecule has 0 radical (unpaired) electrons. The molecule has 0 saturated carbocycles. The van der Waals surface area contributed by atoms with E-state index in [0.29, 0.717) is 19.6 Å². The number of hydrogen-bond donors (Lipinski definition) is 1. The zero-order valence-electron chi connectivity index (χ0n) is 14.3. The van der Waals surface area contributed by atoms with E-state index in [0.717, 1.165) is 34.1 Å². The molecule has 140 valence electrons. The molecule has 1 aromatic carbocycles. The number of ether oxygens (including phenoxy) is 1. The SMILES string of the molecule is O=C(C[C@H]1CCS(=O)(=O)C1)Nc1ccc2nc(N3CCOCC3)sc2c1. The van der Waals surface area contributed by atoms with E-state index >= 15 is 0 Å². The maximum absolute atomic E-state index is 12.2. The van der Waals surface area contributed by atoms with Crippen molar-refractivity contribution >= 4 is 48.1 Å². The summed E-state index contributed by atoms with van der Waals surface area (Å²) in [5.41, 5.74) is 1.64. The second-order valence-electron chi connectivity index (χ2n) is 6.80. The van der Waals surface area contributed by atoms with Crippen molar-refractivity contribution in [1.29, 1.82) is 0 Å². The first kappa shape index (κ1) is 17.7. The highest BCUT2D eigenvalue weighted by atomic mass is 32.2. The Morgan fingerprint density at radius 2 is 2.15 bits per heavy atom. The number of thiazole rings is 1. The normalized spacial score (nSPS) is 22.6. The molecule has 2 aromatic rings. The lowest BCUT2D eigenvalue weighted by Crippen LogP contribution is -2.36. The number of amides is 1. The summed E-state index contributed by atoms with van der Waals surface area (Å²) >= 11 is 1.61. The van der Waals surface area contributed by atoms with Gasteiger partial charge >= 0.3 is 0 Å². The number of nitrogens with zero attached hydrogens (tertiary/aromatic N) is 2. The van der Waals surface area contributed by atoms with Crippen molar-refractivity contribution in [2.24, 2.45) is 5.92 Å². The van der Waals surface area contributed by atoms with Gasteiger partial charge in [0.05, 0.1) is 34.9 Å². The quantitative estimate of drug-likeness (QED) is 0.851. The summed E-state index contributed by atoms with van der Waals surface area (Å²) in [6.07, 6.45) is 0.825. The highest BCUT2D eigenvalue weighted by Gasteiger charge is 2.29. The molecule has 2 aliphatic rings. The number of aromatic nitrogens is 1. The van der Waals surface area contributed by atoms with Crippen molar-refractivity contribution in [3.8, 4) is 0 Å². The lowest BCUT2D eigenvalue weighted by molar-refractivity contribution is -0.116. The Hall–Kier alpha value is -1.71. The van der Waals surface area contributed by atoms with Gasteiger partial charge in [-0.3, -0.25) is 4.79 Å². The topological polar surface area (TPSA) is 88.6 Å². The first-order chi connectivity index (χ1) is 12.5. The summed E-state index contributed by atoms with van der Waals surface area (Å²) in [6, 6.07) is 5.68. The minimum atomic E-state index is -2.95. The third-order valence-electron chi connectivity index (χ3n) is 4.74. The van der Waals surface area contributed by atoms with Crippen LogP contribution in [0.5, 0.6) is 0 Å². The Morgan fingerprint density at radius 1 is 1.35 bits per heavy atom. The van der Waals surface area contributed by atoms with Crippen molar-refractivity contribution in [3.63, 3.8) is 0 Å². The molecular formula is C17H21N3O4S2. The lowest BCUT2D eigenvalue weighted by atomic mass is 10.1. The molecule has 0 aliphatic carbocycles. The van der Waals surface area contributed by atoms with Crippen LogP contribution >= 0.6 is 11.3 Å². The van der Waals surface area contributed by atoms with E-state index in [1.54, 1.807) is 11.3 Å². The Labute approximate surface area is 156 Å². The van der Waals surface area contributed by atoms with E-state index in [4.69, 9.17) is 4.74 Å². The summed E-state index contributed by atoms with van der Waals surface area (Å²) in [7, 11) is -2.95. The van der Waals surface area contributed by atoms with E-state index in [1.165, 1.54) is 0 Å². The summed E-state index contributed by atoms with van der Waals surface area (Å²) in [5, 5.41) is 3.86. The molecule has 0 bridgehead atoms. The van der Waals surface area contributed by atoms with E-state index in [2.05, 4.69) is 15.2 Å². The van der Waals surface area contributed by atoms with Gasteiger partial charge in [-0.25, -0.2) is 13.4 Å². The number of anilines is 2. The number of carbonyl (C=O) groups is 1. The summed E-state index contributed by atoms with van der Waals surface area (Å²) in [6.45, 7) is 3.11. The monoisotopic (exact) mass is 395 g/mol. The van der Waals surface area contributed by atoms with Crippen LogP contribution in [0.3, 0.4) is 0 Å². The zero-order valence-corrected chi connectivity index (χ0v) is 15.9. The molecule has 2 saturated heterocycles. The average Bonchev–Trinajstić information content (AvgIpc) is 3.18. The van der Waals surface area contributed by atoms with Crippen LogP contribution in [-0.2, 0) is 19.4 Å². The molecule has 4 rings (SSSR count). The van der Waals surface area contributed by atoms with Crippen LogP contribution < -0.4 is 10.2 Å². The molecular weight excluding hydrogens is 374 g/mol. The number of morpholine rings is 1. The van der Waals surface area contributed by atoms with Crippen molar-refractivity contribution in [2.75, 3.05) is 48.0 Å². The second kappa shape index (κ2) is 7.13. The predicted molar refractivity (Wildman–Crippen MR) is 103 cm³/mol. The molecule has 2 aliphatic heterocycles. The predicted octanol–water partition coefficient (Wildman–Crippen LogP) is 1.90. The Bertz CT molecular complexity index is 919. The molecule has 3 heterocycles. The number of benzene rings is 1. The van der Waals surface area contributed by atoms with Gasteiger partial charge in [-0.1, -0.05) is 11.3 Å². The average molecular weight is 396 g/mol. The Kier molecular flexibility index (Phi) is 4.85. The molecule has 2 fully saturated rings. The molecule has 0 spiro atoms. The number of sulfone groups is 1. The van der Waals surface area contributed by atoms with Crippen LogP contribution in [0.15, 0.2) is 18.2 Å². The maximum atomic E-state index is 12.2. The highest BCUT2D eigenvalue weighted by Crippen LogP contribution is 2.31. The highest BCUT2D eigenvalue weighted by molar-refractivity contribution is 7.91. The minimum Gasteiger partial charge on any atom is -0.378 e. The van der Waals surface area contributed by atoms with E-state index < -0.39 is 9.84 Å². The minimum absolute atomic E-state index is 0.0694. The fourth-order valence-corrected chi connectivity index (χ4v) is 6.31. The van der Waals surface area contributed by atoms with Crippen LogP contribution in [0.1, 0.15) is 12.8 Å². The van der Waals surface area contributed by atoms with E-state index in [9.17, 15) is 13.2 Å². The van der Waals surface area contributed by atoms with Crippen molar-refractivity contribution in [3.05, 3.63) is 18.2 Å². The van der Waals surface area contributed by atoms with Crippen LogP contribution in [-0.4, -0.2) is 57.1 Å².